The van der Waals surface area contributed by atoms with E-state index in [1.807, 2.05) is 0 Å². The highest BCUT2D eigenvalue weighted by Crippen LogP contribution is 2.32. The number of phenols is 1. The molecule has 0 bridgehead atoms. The molecule has 7 nitrogen and oxygen atoms in total. The van der Waals surface area contributed by atoms with Gasteiger partial charge in [0, 0.05) is 24.5 Å². The van der Waals surface area contributed by atoms with E-state index in [1.165, 1.54) is 5.48 Å². The van der Waals surface area contributed by atoms with Crippen LogP contribution in [-0.2, 0) is 12.7 Å². The zero-order chi connectivity index (χ0) is 17.0. The molecule has 0 fully saturated rings. The van der Waals surface area contributed by atoms with Crippen LogP contribution in [0.4, 0.5) is 19.1 Å². The van der Waals surface area contributed by atoms with Crippen LogP contribution in [0.5, 0.6) is 5.75 Å². The fraction of sp³-hybridized carbons (Fsp3) is 0.154. The molecule has 4 N–H and O–H groups in total. The first-order chi connectivity index (χ1) is 10.8. The number of carbonyl (C=O) groups excluding carboxylic acids is 1. The highest BCUT2D eigenvalue weighted by atomic mass is 19.4. The highest BCUT2D eigenvalue weighted by Gasteiger charge is 2.30. The first-order valence-electron chi connectivity index (χ1n) is 6.20. The Morgan fingerprint density at radius 3 is 2.43 bits per heavy atom. The van der Waals surface area contributed by atoms with Crippen molar-refractivity contribution in [1.29, 1.82) is 0 Å². The van der Waals surface area contributed by atoms with E-state index < -0.39 is 17.6 Å². The number of alkyl halides is 3. The van der Waals surface area contributed by atoms with Gasteiger partial charge in [0.15, 0.2) is 0 Å². The van der Waals surface area contributed by atoms with Crippen molar-refractivity contribution in [3.63, 3.8) is 0 Å². The van der Waals surface area contributed by atoms with E-state index in [0.29, 0.717) is 0 Å². The van der Waals surface area contributed by atoms with E-state index in [1.54, 1.807) is 0 Å². The number of hydrogen-bond donors (Lipinski definition) is 4. The Bertz CT molecular complexity index is 705. The Labute approximate surface area is 127 Å². The first-order valence-corrected chi connectivity index (χ1v) is 6.20. The van der Waals surface area contributed by atoms with Crippen molar-refractivity contribution in [2.45, 2.75) is 12.7 Å². The fourth-order valence-electron chi connectivity index (χ4n) is 1.68. The van der Waals surface area contributed by atoms with Crippen LogP contribution in [-0.4, -0.2) is 26.2 Å². The minimum Gasteiger partial charge on any atom is -0.508 e. The first kappa shape index (κ1) is 16.5. The molecule has 0 atom stereocenters. The van der Waals surface area contributed by atoms with Crippen LogP contribution in [0.3, 0.4) is 0 Å². The largest absolute Gasteiger partial charge is 0.508 e. The highest BCUT2D eigenvalue weighted by molar-refractivity contribution is 5.92. The number of phenolic OH excluding ortho intramolecular Hbond substituents is 1. The van der Waals surface area contributed by atoms with Crippen molar-refractivity contribution >= 4 is 11.9 Å². The predicted molar refractivity (Wildman–Crippen MR) is 71.7 cm³/mol. The maximum Gasteiger partial charge on any atom is 0.416 e. The molecule has 0 aliphatic carbocycles. The van der Waals surface area contributed by atoms with Crippen LogP contribution < -0.4 is 10.8 Å². The minimum atomic E-state index is -4.52. The smallest absolute Gasteiger partial charge is 0.416 e. The molecular weight excluding hydrogens is 317 g/mol. The Morgan fingerprint density at radius 1 is 1.22 bits per heavy atom. The van der Waals surface area contributed by atoms with Gasteiger partial charge in [0.25, 0.3) is 5.91 Å². The number of nitrogens with one attached hydrogen (secondary N) is 2. The molecule has 0 radical (unpaired) electrons. The molecule has 0 aliphatic heterocycles. The van der Waals surface area contributed by atoms with Crippen LogP contribution in [0.2, 0.25) is 0 Å². The van der Waals surface area contributed by atoms with Gasteiger partial charge in [-0.3, -0.25) is 10.0 Å². The molecule has 2 aromatic rings. The van der Waals surface area contributed by atoms with E-state index in [9.17, 15) is 23.1 Å². The van der Waals surface area contributed by atoms with Crippen LogP contribution in [0, 0.1) is 0 Å². The maximum atomic E-state index is 12.6. The third-order valence-electron chi connectivity index (χ3n) is 2.86. The average molecular weight is 328 g/mol. The van der Waals surface area contributed by atoms with Crippen LogP contribution in [0.1, 0.15) is 21.5 Å². The lowest BCUT2D eigenvalue weighted by atomic mass is 10.1. The van der Waals surface area contributed by atoms with Crippen LogP contribution >= 0.6 is 0 Å². The zero-order valence-electron chi connectivity index (χ0n) is 11.4. The monoisotopic (exact) mass is 328 g/mol. The van der Waals surface area contributed by atoms with Crippen molar-refractivity contribution < 1.29 is 28.3 Å². The molecule has 1 aromatic carbocycles. The second kappa shape index (κ2) is 6.48. The summed E-state index contributed by atoms with van der Waals surface area (Å²) in [5, 5.41) is 20.7. The quantitative estimate of drug-likeness (QED) is 0.505. The van der Waals surface area contributed by atoms with Gasteiger partial charge in [-0.15, -0.1) is 0 Å². The van der Waals surface area contributed by atoms with E-state index >= 15 is 0 Å². The molecule has 1 amide bonds. The summed E-state index contributed by atoms with van der Waals surface area (Å²) in [6.45, 7) is -0.151. The SMILES string of the molecule is O=C(NO)c1cnc(NCc2cc(C(F)(F)F)ccc2O)nc1. The lowest BCUT2D eigenvalue weighted by Crippen LogP contribution is -2.19. The van der Waals surface area contributed by atoms with E-state index in [2.05, 4.69) is 15.3 Å². The van der Waals surface area contributed by atoms with E-state index in [-0.39, 0.29) is 29.4 Å². The number of aromatic hydroxyl groups is 1. The summed E-state index contributed by atoms with van der Waals surface area (Å²) in [6.07, 6.45) is -2.28. The minimum absolute atomic E-state index is 0.0000315. The number of nitrogens with zero attached hydrogens (tertiary/aromatic N) is 2. The second-order valence-electron chi connectivity index (χ2n) is 4.43. The van der Waals surface area contributed by atoms with Crippen LogP contribution in [0.25, 0.3) is 0 Å². The number of halogens is 3. The molecule has 122 valence electrons. The molecule has 0 aliphatic rings. The summed E-state index contributed by atoms with van der Waals surface area (Å²) in [5.41, 5.74) is 0.536. The normalized spacial score (nSPS) is 11.1. The Morgan fingerprint density at radius 2 is 1.87 bits per heavy atom. The third-order valence-corrected chi connectivity index (χ3v) is 2.86. The van der Waals surface area contributed by atoms with Gasteiger partial charge in [-0.05, 0) is 18.2 Å². The number of aromatic nitrogens is 2. The van der Waals surface area contributed by atoms with Crippen molar-refractivity contribution in [1.82, 2.24) is 15.4 Å². The summed E-state index contributed by atoms with van der Waals surface area (Å²) < 4.78 is 37.9. The van der Waals surface area contributed by atoms with Gasteiger partial charge < -0.3 is 10.4 Å². The summed E-state index contributed by atoms with van der Waals surface area (Å²) >= 11 is 0. The van der Waals surface area contributed by atoms with E-state index in [4.69, 9.17) is 5.21 Å². The number of anilines is 1. The van der Waals surface area contributed by atoms with Crippen LogP contribution in [0.15, 0.2) is 30.6 Å². The molecule has 1 aromatic heterocycles. The van der Waals surface area contributed by atoms with Crippen molar-refractivity contribution in [3.05, 3.63) is 47.3 Å². The molecule has 10 heteroatoms. The maximum absolute atomic E-state index is 12.6. The molecule has 0 saturated heterocycles. The molecule has 0 saturated carbocycles. The summed E-state index contributed by atoms with van der Waals surface area (Å²) in [5.74, 6) is -1.06. The number of carbonyl (C=O) groups is 1. The standard InChI is InChI=1S/C13H11F3N4O3/c14-13(15,16)9-1-2-10(21)7(3-9)4-17-12-18-5-8(6-19-12)11(22)20-23/h1-3,5-6,21,23H,4H2,(H,20,22)(H,17,18,19). The van der Waals surface area contributed by atoms with Gasteiger partial charge in [0.05, 0.1) is 11.1 Å². The van der Waals surface area contributed by atoms with Crippen molar-refractivity contribution in [3.8, 4) is 5.75 Å². The summed E-state index contributed by atoms with van der Waals surface area (Å²) in [4.78, 5) is 18.6. The summed E-state index contributed by atoms with van der Waals surface area (Å²) in [6, 6.07) is 2.54. The lowest BCUT2D eigenvalue weighted by Gasteiger charge is -2.11. The fourth-order valence-corrected chi connectivity index (χ4v) is 1.68. The predicted octanol–water partition coefficient (Wildman–Crippen LogP) is 1.93. The number of rotatable bonds is 4. The van der Waals surface area contributed by atoms with Gasteiger partial charge in [-0.2, -0.15) is 13.2 Å². The molecule has 0 unspecified atom stereocenters. The molecule has 0 spiro atoms. The second-order valence-corrected chi connectivity index (χ2v) is 4.43. The zero-order valence-corrected chi connectivity index (χ0v) is 11.4. The van der Waals surface area contributed by atoms with Crippen molar-refractivity contribution in [2.75, 3.05) is 5.32 Å². The number of hydrogen-bond acceptors (Lipinski definition) is 6. The van der Waals surface area contributed by atoms with E-state index in [0.717, 1.165) is 30.6 Å². The number of amides is 1. The average Bonchev–Trinajstić information content (AvgIpc) is 2.52. The molecule has 1 heterocycles. The molecule has 2 rings (SSSR count). The Hall–Kier alpha value is -2.88. The summed E-state index contributed by atoms with van der Waals surface area (Å²) in [7, 11) is 0. The van der Waals surface area contributed by atoms with Gasteiger partial charge >= 0.3 is 6.18 Å². The number of benzene rings is 1. The van der Waals surface area contributed by atoms with Gasteiger partial charge in [-0.25, -0.2) is 15.4 Å². The topological polar surface area (TPSA) is 107 Å². The van der Waals surface area contributed by atoms with Gasteiger partial charge in [0.2, 0.25) is 5.95 Å². The van der Waals surface area contributed by atoms with Gasteiger partial charge in [-0.1, -0.05) is 0 Å². The Kier molecular flexibility index (Phi) is 4.65. The Balaban J connectivity index is 2.10. The molecular formula is C13H11F3N4O3. The number of hydroxylamine groups is 1. The third kappa shape index (κ3) is 4.07. The lowest BCUT2D eigenvalue weighted by molar-refractivity contribution is -0.137. The molecule has 23 heavy (non-hydrogen) atoms. The van der Waals surface area contributed by atoms with Crippen molar-refractivity contribution in [2.24, 2.45) is 0 Å². The van der Waals surface area contributed by atoms with Gasteiger partial charge in [0.1, 0.15) is 5.75 Å².